The van der Waals surface area contributed by atoms with Crippen LogP contribution in [-0.4, -0.2) is 4.98 Å². The monoisotopic (exact) mass is 285 g/mol. The molecule has 1 heterocycles. The summed E-state index contributed by atoms with van der Waals surface area (Å²) in [4.78, 5) is 14.6. The van der Waals surface area contributed by atoms with Crippen molar-refractivity contribution in [1.29, 1.82) is 0 Å². The lowest BCUT2D eigenvalue weighted by atomic mass is 10.1. The predicted octanol–water partition coefficient (Wildman–Crippen LogP) is 2.44. The van der Waals surface area contributed by atoms with Crippen molar-refractivity contribution in [3.63, 3.8) is 0 Å². The third-order valence-corrected chi connectivity index (χ3v) is 2.97. The Labute approximate surface area is 89.1 Å². The number of aryl methyl sites for hydroxylation is 1. The van der Waals surface area contributed by atoms with Gasteiger partial charge in [0.25, 0.3) is 0 Å². The molecule has 13 heavy (non-hydrogen) atoms. The summed E-state index contributed by atoms with van der Waals surface area (Å²) < 4.78 is 1.08. The van der Waals surface area contributed by atoms with Crippen molar-refractivity contribution in [2.24, 2.45) is 0 Å². The topological polar surface area (TPSA) is 32.9 Å². The second-order valence-corrected chi connectivity index (χ2v) is 4.12. The van der Waals surface area contributed by atoms with Crippen molar-refractivity contribution in [1.82, 2.24) is 4.98 Å². The molecule has 2 aromatic rings. The first kappa shape index (κ1) is 8.74. The van der Waals surface area contributed by atoms with Crippen molar-refractivity contribution in [3.05, 3.63) is 43.8 Å². The normalized spacial score (nSPS) is 10.6. The Morgan fingerprint density at radius 3 is 2.77 bits per heavy atom. The van der Waals surface area contributed by atoms with Gasteiger partial charge in [-0.3, -0.25) is 4.79 Å². The molecule has 2 rings (SSSR count). The zero-order chi connectivity index (χ0) is 9.42. The van der Waals surface area contributed by atoms with Gasteiger partial charge >= 0.3 is 0 Å². The van der Waals surface area contributed by atoms with Gasteiger partial charge in [0.2, 0.25) is 0 Å². The van der Waals surface area contributed by atoms with Gasteiger partial charge in [0.1, 0.15) is 0 Å². The number of benzene rings is 1. The van der Waals surface area contributed by atoms with Gasteiger partial charge in [-0.1, -0.05) is 6.07 Å². The quantitative estimate of drug-likeness (QED) is 0.741. The molecule has 0 amide bonds. The Balaban J connectivity index is 3.09. The lowest BCUT2D eigenvalue weighted by molar-refractivity contribution is 1.36. The van der Waals surface area contributed by atoms with Crippen LogP contribution in [0.5, 0.6) is 0 Å². The molecule has 2 nitrogen and oxygen atoms in total. The highest BCUT2D eigenvalue weighted by atomic mass is 127. The fourth-order valence-corrected chi connectivity index (χ4v) is 2.03. The second-order valence-electron chi connectivity index (χ2n) is 2.96. The van der Waals surface area contributed by atoms with Crippen LogP contribution in [-0.2, 0) is 0 Å². The maximum absolute atomic E-state index is 11.5. The Morgan fingerprint density at radius 2 is 2.08 bits per heavy atom. The van der Waals surface area contributed by atoms with Crippen LogP contribution in [0.1, 0.15) is 5.56 Å². The van der Waals surface area contributed by atoms with Gasteiger partial charge in [0.15, 0.2) is 5.43 Å². The van der Waals surface area contributed by atoms with Crippen molar-refractivity contribution in [3.8, 4) is 0 Å². The smallest absolute Gasteiger partial charge is 0.189 e. The number of fused-ring (bicyclic) bond motifs is 1. The van der Waals surface area contributed by atoms with E-state index in [9.17, 15) is 4.79 Å². The molecule has 0 aliphatic rings. The molecular formula is C10H8INO. The molecule has 0 bridgehead atoms. The van der Waals surface area contributed by atoms with Gasteiger partial charge in [-0.05, 0) is 41.1 Å². The van der Waals surface area contributed by atoms with E-state index in [2.05, 4.69) is 27.6 Å². The molecule has 0 radical (unpaired) electrons. The van der Waals surface area contributed by atoms with Gasteiger partial charge in [0.05, 0.1) is 5.52 Å². The Morgan fingerprint density at radius 1 is 1.31 bits per heavy atom. The van der Waals surface area contributed by atoms with E-state index in [1.807, 2.05) is 19.1 Å². The summed E-state index contributed by atoms with van der Waals surface area (Å²) in [7, 11) is 0. The molecule has 0 fully saturated rings. The van der Waals surface area contributed by atoms with Gasteiger partial charge in [0, 0.05) is 21.2 Å². The lowest BCUT2D eigenvalue weighted by Crippen LogP contribution is -2.02. The van der Waals surface area contributed by atoms with E-state index in [4.69, 9.17) is 0 Å². The maximum atomic E-state index is 11.5. The second kappa shape index (κ2) is 3.14. The van der Waals surface area contributed by atoms with Gasteiger partial charge in [-0.25, -0.2) is 0 Å². The first-order valence-electron chi connectivity index (χ1n) is 3.96. The highest BCUT2D eigenvalue weighted by molar-refractivity contribution is 14.1. The van der Waals surface area contributed by atoms with Gasteiger partial charge in [-0.2, -0.15) is 0 Å². The van der Waals surface area contributed by atoms with Crippen LogP contribution in [0.2, 0.25) is 0 Å². The largest absolute Gasteiger partial charge is 0.360 e. The summed E-state index contributed by atoms with van der Waals surface area (Å²) in [5, 5.41) is 0.800. The number of aromatic amines is 1. The van der Waals surface area contributed by atoms with Crippen molar-refractivity contribution in [2.75, 3.05) is 0 Å². The first-order chi connectivity index (χ1) is 6.20. The van der Waals surface area contributed by atoms with E-state index in [-0.39, 0.29) is 5.43 Å². The predicted molar refractivity (Wildman–Crippen MR) is 62.0 cm³/mol. The number of pyridine rings is 1. The highest BCUT2D eigenvalue weighted by Crippen LogP contribution is 2.18. The zero-order valence-corrected chi connectivity index (χ0v) is 9.25. The summed E-state index contributed by atoms with van der Waals surface area (Å²) in [6.45, 7) is 1.95. The molecule has 0 aliphatic carbocycles. The summed E-state index contributed by atoms with van der Waals surface area (Å²) in [6.07, 6.45) is 1.69. The summed E-state index contributed by atoms with van der Waals surface area (Å²) >= 11 is 2.22. The Bertz CT molecular complexity index is 516. The molecule has 0 aliphatic heterocycles. The van der Waals surface area contributed by atoms with Crippen LogP contribution < -0.4 is 5.43 Å². The molecule has 0 spiro atoms. The molecular weight excluding hydrogens is 277 g/mol. The van der Waals surface area contributed by atoms with Crippen LogP contribution in [0, 0.1) is 10.5 Å². The standard InChI is InChI=1S/C10H8INO/c1-6-2-3-7(11)10-9(6)8(13)4-5-12-10/h2-5H,1H3,(H,12,13). The number of rotatable bonds is 0. The van der Waals surface area contributed by atoms with Crippen molar-refractivity contribution in [2.45, 2.75) is 6.92 Å². The van der Waals surface area contributed by atoms with Crippen LogP contribution in [0.4, 0.5) is 0 Å². The summed E-state index contributed by atoms with van der Waals surface area (Å²) in [5.74, 6) is 0. The van der Waals surface area contributed by atoms with E-state index in [1.54, 1.807) is 12.3 Å². The molecule has 0 unspecified atom stereocenters. The fraction of sp³-hybridized carbons (Fsp3) is 0.100. The Kier molecular flexibility index (Phi) is 2.11. The molecule has 1 aromatic carbocycles. The van der Waals surface area contributed by atoms with Crippen LogP contribution in [0.25, 0.3) is 10.9 Å². The minimum Gasteiger partial charge on any atom is -0.360 e. The van der Waals surface area contributed by atoms with Crippen molar-refractivity contribution < 1.29 is 0 Å². The van der Waals surface area contributed by atoms with E-state index >= 15 is 0 Å². The SMILES string of the molecule is Cc1ccc(I)c2[nH]ccc(=O)c12. The van der Waals surface area contributed by atoms with E-state index in [1.165, 1.54) is 0 Å². The molecule has 0 saturated carbocycles. The van der Waals surface area contributed by atoms with Crippen LogP contribution >= 0.6 is 22.6 Å². The third kappa shape index (κ3) is 1.37. The third-order valence-electron chi connectivity index (χ3n) is 2.07. The number of halogens is 1. The molecule has 1 N–H and O–H groups in total. The fourth-order valence-electron chi connectivity index (χ4n) is 1.42. The van der Waals surface area contributed by atoms with E-state index in [0.29, 0.717) is 0 Å². The van der Waals surface area contributed by atoms with Crippen LogP contribution in [0.3, 0.4) is 0 Å². The highest BCUT2D eigenvalue weighted by Gasteiger charge is 2.03. The molecule has 3 heteroatoms. The molecule has 1 aromatic heterocycles. The lowest BCUT2D eigenvalue weighted by Gasteiger charge is -2.02. The number of nitrogens with one attached hydrogen (secondary N) is 1. The number of aromatic nitrogens is 1. The van der Waals surface area contributed by atoms with E-state index in [0.717, 1.165) is 20.0 Å². The maximum Gasteiger partial charge on any atom is 0.189 e. The van der Waals surface area contributed by atoms with Gasteiger partial charge < -0.3 is 4.98 Å². The van der Waals surface area contributed by atoms with Crippen molar-refractivity contribution >= 4 is 33.5 Å². The number of hydrogen-bond acceptors (Lipinski definition) is 1. The Hall–Kier alpha value is -0.840. The average Bonchev–Trinajstić information content (AvgIpc) is 2.12. The molecule has 66 valence electrons. The average molecular weight is 285 g/mol. The minimum atomic E-state index is 0.0877. The molecule has 0 atom stereocenters. The first-order valence-corrected chi connectivity index (χ1v) is 5.04. The summed E-state index contributed by atoms with van der Waals surface area (Å²) in [5.41, 5.74) is 2.05. The summed E-state index contributed by atoms with van der Waals surface area (Å²) in [6, 6.07) is 5.54. The van der Waals surface area contributed by atoms with E-state index < -0.39 is 0 Å². The number of hydrogen-bond donors (Lipinski definition) is 1. The molecule has 0 saturated heterocycles. The van der Waals surface area contributed by atoms with Gasteiger partial charge in [-0.15, -0.1) is 0 Å². The van der Waals surface area contributed by atoms with Crippen LogP contribution in [0.15, 0.2) is 29.2 Å². The minimum absolute atomic E-state index is 0.0877. The number of H-pyrrole nitrogens is 1. The zero-order valence-electron chi connectivity index (χ0n) is 7.10.